The first kappa shape index (κ1) is 21.7. The zero-order valence-corrected chi connectivity index (χ0v) is 12.7. The molecule has 1 fully saturated rings. The second-order valence-electron chi connectivity index (χ2n) is 5.06. The molecule has 23 heavy (non-hydrogen) atoms. The van der Waals surface area contributed by atoms with Crippen LogP contribution in [0.5, 0.6) is 0 Å². The molecule has 2 unspecified atom stereocenters. The number of aliphatic hydroxyl groups is 5. The van der Waals surface area contributed by atoms with Crippen LogP contribution < -0.4 is 11.1 Å². The molecular weight excluding hydrogens is 316 g/mol. The fourth-order valence-electron chi connectivity index (χ4n) is 1.69. The molecule has 1 saturated heterocycles. The van der Waals surface area contributed by atoms with E-state index in [2.05, 4.69) is 5.32 Å². The number of carboxylic acids is 1. The number of carbonyl (C=O) groups is 2. The number of carbonyl (C=O) groups excluding carboxylic acids is 1. The first-order valence-electron chi connectivity index (χ1n) is 6.77. The lowest BCUT2D eigenvalue weighted by Gasteiger charge is -2.40. The van der Waals surface area contributed by atoms with Crippen molar-refractivity contribution in [2.75, 3.05) is 6.61 Å². The van der Waals surface area contributed by atoms with Gasteiger partial charge in [-0.25, -0.2) is 0 Å². The highest BCUT2D eigenvalue weighted by molar-refractivity contribution is 5.73. The van der Waals surface area contributed by atoms with Crippen molar-refractivity contribution in [3.05, 3.63) is 0 Å². The highest BCUT2D eigenvalue weighted by Gasteiger charge is 2.43. The van der Waals surface area contributed by atoms with Gasteiger partial charge < -0.3 is 46.4 Å². The Morgan fingerprint density at radius 2 is 1.78 bits per heavy atom. The Kier molecular flexibility index (Phi) is 9.16. The van der Waals surface area contributed by atoms with E-state index < -0.39 is 61.3 Å². The predicted octanol–water partition coefficient (Wildman–Crippen LogP) is -4.30. The molecule has 0 bridgehead atoms. The van der Waals surface area contributed by atoms with Crippen molar-refractivity contribution in [3.63, 3.8) is 0 Å². The number of aliphatic carboxylic acids is 1. The first-order chi connectivity index (χ1) is 10.5. The van der Waals surface area contributed by atoms with E-state index in [0.29, 0.717) is 0 Å². The lowest BCUT2D eigenvalue weighted by molar-refractivity contribution is -0.253. The summed E-state index contributed by atoms with van der Waals surface area (Å²) in [5, 5.41) is 55.9. The van der Waals surface area contributed by atoms with Gasteiger partial charge in [-0.05, 0) is 6.92 Å². The Hall–Kier alpha value is -1.34. The second-order valence-corrected chi connectivity index (χ2v) is 5.06. The van der Waals surface area contributed by atoms with E-state index in [1.807, 2.05) is 0 Å². The van der Waals surface area contributed by atoms with E-state index in [4.69, 9.17) is 25.8 Å². The van der Waals surface area contributed by atoms with Crippen LogP contribution in [0.4, 0.5) is 0 Å². The van der Waals surface area contributed by atoms with E-state index in [9.17, 15) is 24.9 Å². The molecule has 11 heteroatoms. The molecule has 1 aliphatic heterocycles. The minimum absolute atomic E-state index is 0.462. The summed E-state index contributed by atoms with van der Waals surface area (Å²) in [7, 11) is 0. The highest BCUT2D eigenvalue weighted by Crippen LogP contribution is 2.19. The summed E-state index contributed by atoms with van der Waals surface area (Å²) in [5.74, 6) is -1.64. The number of amides is 1. The topological polar surface area (TPSA) is 203 Å². The van der Waals surface area contributed by atoms with E-state index in [1.54, 1.807) is 0 Å². The average Bonchev–Trinajstić information content (AvgIpc) is 2.46. The van der Waals surface area contributed by atoms with Crippen molar-refractivity contribution in [3.8, 4) is 0 Å². The number of hydrogen-bond donors (Lipinski definition) is 8. The van der Waals surface area contributed by atoms with Gasteiger partial charge in [0.1, 0.15) is 30.4 Å². The maximum atomic E-state index is 10.7. The smallest absolute Gasteiger partial charge is 0.323 e. The van der Waals surface area contributed by atoms with Crippen molar-refractivity contribution >= 4 is 11.9 Å². The zero-order valence-electron chi connectivity index (χ0n) is 12.7. The lowest BCUT2D eigenvalue weighted by atomic mass is 9.97. The van der Waals surface area contributed by atoms with Crippen LogP contribution in [-0.2, 0) is 14.3 Å². The summed E-state index contributed by atoms with van der Waals surface area (Å²) < 4.78 is 4.81. The summed E-state index contributed by atoms with van der Waals surface area (Å²) in [5.41, 5.74) is 4.91. The van der Waals surface area contributed by atoms with Crippen molar-refractivity contribution in [2.45, 2.75) is 56.6 Å². The van der Waals surface area contributed by atoms with Crippen molar-refractivity contribution in [1.82, 2.24) is 5.32 Å². The van der Waals surface area contributed by atoms with Crippen LogP contribution in [0.1, 0.15) is 13.8 Å². The Labute approximate surface area is 132 Å². The van der Waals surface area contributed by atoms with E-state index in [0.717, 1.165) is 0 Å². The lowest BCUT2D eigenvalue weighted by Crippen LogP contribution is -2.63. The molecule has 0 aromatic heterocycles. The summed E-state index contributed by atoms with van der Waals surface area (Å²) in [6.45, 7) is 2.02. The molecule has 7 atom stereocenters. The summed E-state index contributed by atoms with van der Waals surface area (Å²) >= 11 is 0. The van der Waals surface area contributed by atoms with Gasteiger partial charge in [-0.15, -0.1) is 0 Å². The Morgan fingerprint density at radius 1 is 1.26 bits per heavy atom. The maximum absolute atomic E-state index is 10.7. The van der Waals surface area contributed by atoms with Crippen LogP contribution in [0.25, 0.3) is 0 Å². The second kappa shape index (κ2) is 9.72. The van der Waals surface area contributed by atoms with Crippen LogP contribution in [-0.4, -0.2) is 91.9 Å². The normalized spacial score (nSPS) is 33.0. The number of ether oxygens (including phenoxy) is 1. The van der Waals surface area contributed by atoms with Gasteiger partial charge in [0.2, 0.25) is 5.91 Å². The molecule has 1 heterocycles. The number of aliphatic hydroxyl groups excluding tert-OH is 5. The standard InChI is InChI=1S/C8H15NO6.C4H9NO3/c1-3(11)9-5-7(13)6(12)4(2-10)15-8(5)14;1-2(6)3(5)4(7)8/h4-8,10,12-14H,2H2,1H3,(H,9,11);2-3,6H,5H2,1H3,(H,7,8)/t4-,5-,6-,7-,8-;/m1./s1. The fraction of sp³-hybridized carbons (Fsp3) is 0.833. The van der Waals surface area contributed by atoms with Crippen LogP contribution >= 0.6 is 0 Å². The summed E-state index contributed by atoms with van der Waals surface area (Å²) in [6.07, 6.45) is -6.22. The van der Waals surface area contributed by atoms with E-state index in [1.165, 1.54) is 13.8 Å². The molecule has 1 rings (SSSR count). The molecule has 0 spiro atoms. The SMILES string of the molecule is CC(=O)N[C@@H]1[C@@H](O)[C@H](O)[C@@H](CO)O[C@H]1O.CC(O)C(N)C(=O)O. The van der Waals surface area contributed by atoms with Crippen LogP contribution in [0.2, 0.25) is 0 Å². The molecule has 0 aliphatic carbocycles. The minimum Gasteiger partial charge on any atom is -0.480 e. The van der Waals surface area contributed by atoms with Gasteiger partial charge >= 0.3 is 5.97 Å². The molecule has 1 aliphatic rings. The third-order valence-corrected chi connectivity index (χ3v) is 3.07. The van der Waals surface area contributed by atoms with E-state index in [-0.39, 0.29) is 0 Å². The summed E-state index contributed by atoms with van der Waals surface area (Å²) in [6, 6.07) is -2.25. The first-order valence-corrected chi connectivity index (χ1v) is 6.77. The molecule has 9 N–H and O–H groups in total. The van der Waals surface area contributed by atoms with Gasteiger partial charge in [0, 0.05) is 6.92 Å². The van der Waals surface area contributed by atoms with Gasteiger partial charge in [0.25, 0.3) is 0 Å². The van der Waals surface area contributed by atoms with Crippen molar-refractivity contribution < 1.29 is 45.0 Å². The fourth-order valence-corrected chi connectivity index (χ4v) is 1.69. The van der Waals surface area contributed by atoms with Gasteiger partial charge in [-0.2, -0.15) is 0 Å². The Morgan fingerprint density at radius 3 is 2.09 bits per heavy atom. The molecule has 0 saturated carbocycles. The number of nitrogens with two attached hydrogens (primary N) is 1. The molecule has 1 amide bonds. The third-order valence-electron chi connectivity index (χ3n) is 3.07. The van der Waals surface area contributed by atoms with E-state index >= 15 is 0 Å². The molecule has 0 radical (unpaired) electrons. The van der Waals surface area contributed by atoms with Gasteiger partial charge in [-0.1, -0.05) is 0 Å². The average molecular weight is 340 g/mol. The largest absolute Gasteiger partial charge is 0.480 e. The molecular formula is C12H24N2O9. The minimum atomic E-state index is -1.45. The number of hydrogen-bond acceptors (Lipinski definition) is 9. The number of carboxylic acid groups (broad SMARTS) is 1. The van der Waals surface area contributed by atoms with Crippen LogP contribution in [0.15, 0.2) is 0 Å². The quantitative estimate of drug-likeness (QED) is 0.247. The van der Waals surface area contributed by atoms with Crippen LogP contribution in [0.3, 0.4) is 0 Å². The predicted molar refractivity (Wildman–Crippen MR) is 74.9 cm³/mol. The summed E-state index contributed by atoms with van der Waals surface area (Å²) in [4.78, 5) is 20.6. The van der Waals surface area contributed by atoms with Crippen LogP contribution in [0, 0.1) is 0 Å². The maximum Gasteiger partial charge on any atom is 0.323 e. The molecule has 0 aromatic carbocycles. The number of nitrogens with one attached hydrogen (secondary N) is 1. The molecule has 0 aromatic rings. The third kappa shape index (κ3) is 6.74. The Balaban J connectivity index is 0.000000515. The number of rotatable bonds is 4. The Bertz CT molecular complexity index is 393. The molecule has 136 valence electrons. The monoisotopic (exact) mass is 340 g/mol. The van der Waals surface area contributed by atoms with Crippen molar-refractivity contribution in [2.24, 2.45) is 5.73 Å². The van der Waals surface area contributed by atoms with Crippen molar-refractivity contribution in [1.29, 1.82) is 0 Å². The molecule has 11 nitrogen and oxygen atoms in total. The highest BCUT2D eigenvalue weighted by atomic mass is 16.6. The zero-order chi connectivity index (χ0) is 18.3. The van der Waals surface area contributed by atoms with Gasteiger partial charge in [-0.3, -0.25) is 9.59 Å². The van der Waals surface area contributed by atoms with Gasteiger partial charge in [0.05, 0.1) is 12.7 Å². The van der Waals surface area contributed by atoms with Gasteiger partial charge in [0.15, 0.2) is 6.29 Å².